The molecule has 216 valence electrons. The lowest BCUT2D eigenvalue weighted by molar-refractivity contribution is -0.115. The number of urea groups is 1. The van der Waals surface area contributed by atoms with Crippen molar-refractivity contribution in [1.29, 1.82) is 0 Å². The molecule has 42 heavy (non-hydrogen) atoms. The molecule has 1 aliphatic carbocycles. The van der Waals surface area contributed by atoms with Crippen LogP contribution in [0.3, 0.4) is 0 Å². The molecule has 1 atom stereocenters. The Morgan fingerprint density at radius 1 is 1.10 bits per heavy atom. The molecule has 3 heterocycles. The number of aryl methyl sites for hydroxylation is 1. The summed E-state index contributed by atoms with van der Waals surface area (Å²) in [4.78, 5) is 42.9. The van der Waals surface area contributed by atoms with Crippen molar-refractivity contribution in [3.05, 3.63) is 69.7 Å². The molecule has 6 N–H and O–H groups in total. The van der Waals surface area contributed by atoms with E-state index >= 15 is 0 Å². The first-order valence-electron chi connectivity index (χ1n) is 13.9. The summed E-state index contributed by atoms with van der Waals surface area (Å²) >= 11 is 0. The Kier molecular flexibility index (Phi) is 7.03. The number of carbonyl (C=O) groups excluding carboxylic acids is 2. The molecule has 1 aliphatic heterocycles. The number of benzene rings is 2. The van der Waals surface area contributed by atoms with Gasteiger partial charge in [-0.3, -0.25) is 4.79 Å². The molecular formula is C31H33N7O4. The predicted molar refractivity (Wildman–Crippen MR) is 160 cm³/mol. The number of nitrogens with zero attached hydrogens (tertiary/aromatic N) is 2. The Morgan fingerprint density at radius 2 is 1.86 bits per heavy atom. The minimum Gasteiger partial charge on any atom is -0.496 e. The number of nitrogens with one attached hydrogen (secondary N) is 4. The fourth-order valence-electron chi connectivity index (χ4n) is 6.03. The monoisotopic (exact) mass is 567 g/mol. The third-order valence-electron chi connectivity index (χ3n) is 7.85. The Balaban J connectivity index is 1.53. The van der Waals surface area contributed by atoms with Crippen LogP contribution in [0.5, 0.6) is 5.75 Å². The second kappa shape index (κ2) is 10.8. The first-order valence-corrected chi connectivity index (χ1v) is 13.9. The maximum atomic E-state index is 13.1. The average Bonchev–Trinajstić information content (AvgIpc) is 3.50. The van der Waals surface area contributed by atoms with Crippen LogP contribution in [0.2, 0.25) is 0 Å². The molecule has 2 aromatic heterocycles. The van der Waals surface area contributed by atoms with Gasteiger partial charge in [-0.2, -0.15) is 0 Å². The minimum absolute atomic E-state index is 0.00897. The lowest BCUT2D eigenvalue weighted by Gasteiger charge is -2.18. The molecule has 0 bridgehead atoms. The van der Waals surface area contributed by atoms with Crippen LogP contribution in [0.4, 0.5) is 4.79 Å². The Morgan fingerprint density at radius 3 is 2.57 bits per heavy atom. The fraction of sp³-hybridized carbons (Fsp3) is 0.290. The Labute approximate surface area is 241 Å². The molecule has 1 unspecified atom stereocenters. The maximum absolute atomic E-state index is 13.1. The van der Waals surface area contributed by atoms with Crippen LogP contribution in [0.25, 0.3) is 38.7 Å². The normalized spacial score (nSPS) is 16.5. The number of ether oxygens (including phenoxy) is 1. The summed E-state index contributed by atoms with van der Waals surface area (Å²) in [5, 5.41) is 9.08. The second-order valence-electron chi connectivity index (χ2n) is 10.5. The summed E-state index contributed by atoms with van der Waals surface area (Å²) in [5.74, 6) is 2.03. The summed E-state index contributed by atoms with van der Waals surface area (Å²) in [7, 11) is 1.67. The van der Waals surface area contributed by atoms with Crippen LogP contribution in [0, 0.1) is 6.92 Å². The van der Waals surface area contributed by atoms with Crippen LogP contribution >= 0.6 is 0 Å². The highest BCUT2D eigenvalue weighted by atomic mass is 16.7. The lowest BCUT2D eigenvalue weighted by atomic mass is 9.89. The van der Waals surface area contributed by atoms with Crippen molar-refractivity contribution < 1.29 is 19.2 Å². The van der Waals surface area contributed by atoms with Gasteiger partial charge in [0.05, 0.1) is 24.2 Å². The summed E-state index contributed by atoms with van der Waals surface area (Å²) in [6, 6.07) is 11.4. The molecule has 2 aromatic carbocycles. The summed E-state index contributed by atoms with van der Waals surface area (Å²) in [6.45, 7) is 6.42. The van der Waals surface area contributed by atoms with Crippen LogP contribution in [0.15, 0.2) is 42.2 Å². The fourth-order valence-corrected chi connectivity index (χ4v) is 6.03. The molecule has 11 heteroatoms. The zero-order valence-corrected chi connectivity index (χ0v) is 24.0. The average molecular weight is 568 g/mol. The van der Waals surface area contributed by atoms with Gasteiger partial charge < -0.3 is 30.9 Å². The third kappa shape index (κ3) is 4.71. The molecule has 2 aliphatic rings. The predicted octanol–water partition coefficient (Wildman–Crippen LogP) is 2.01. The lowest BCUT2D eigenvalue weighted by Crippen LogP contribution is -2.41. The molecule has 0 radical (unpaired) electrons. The number of hydrogen-bond donors (Lipinski definition) is 5. The molecular weight excluding hydrogens is 534 g/mol. The van der Waals surface area contributed by atoms with E-state index in [-0.39, 0.29) is 25.0 Å². The largest absolute Gasteiger partial charge is 0.496 e. The molecule has 6 rings (SSSR count). The summed E-state index contributed by atoms with van der Waals surface area (Å²) in [6.07, 6.45) is 1.17. The highest BCUT2D eigenvalue weighted by molar-refractivity contribution is 6.15. The van der Waals surface area contributed by atoms with E-state index < -0.39 is 6.03 Å². The van der Waals surface area contributed by atoms with Crippen molar-refractivity contribution in [3.63, 3.8) is 0 Å². The van der Waals surface area contributed by atoms with Gasteiger partial charge >= 0.3 is 6.03 Å². The number of fused-ring (bicyclic) bond motifs is 4. The van der Waals surface area contributed by atoms with E-state index in [0.717, 1.165) is 66.3 Å². The number of aromatic amines is 1. The van der Waals surface area contributed by atoms with Gasteiger partial charge in [-0.25, -0.2) is 14.8 Å². The second-order valence-corrected chi connectivity index (χ2v) is 10.5. The number of aromatic nitrogens is 3. The third-order valence-corrected chi connectivity index (χ3v) is 7.85. The topological polar surface area (TPSA) is 156 Å². The van der Waals surface area contributed by atoms with Gasteiger partial charge in [0.15, 0.2) is 0 Å². The number of primary amides is 1. The Hall–Kier alpha value is -4.90. The van der Waals surface area contributed by atoms with Crippen LogP contribution < -0.4 is 37.0 Å². The van der Waals surface area contributed by atoms with Crippen LogP contribution in [-0.2, 0) is 9.63 Å². The van der Waals surface area contributed by atoms with Crippen molar-refractivity contribution in [2.24, 2.45) is 5.73 Å². The van der Waals surface area contributed by atoms with Gasteiger partial charge in [-0.05, 0) is 61.8 Å². The number of hydrogen-bond acceptors (Lipinski definition) is 7. The molecule has 3 amide bonds. The molecule has 0 fully saturated rings. The smallest absolute Gasteiger partial charge is 0.312 e. The van der Waals surface area contributed by atoms with Crippen molar-refractivity contribution in [1.82, 2.24) is 31.1 Å². The minimum atomic E-state index is -0.622. The standard InChI is InChI=1S/C31H33N7O4/c1-15-26(16(2)42-38-15)23-13-24-22(14-25(23)41-4)27-28(35-17(3)36-29(27)37-24)20-9-10-21(19-8-6-5-7-18(19)20)30(39)33-11-12-34-31(32)40/h5-8,13-15,38H,9-12H2,1-4H3,(H,33,39)(H3,32,34,40)(H,35,36,37). The van der Waals surface area contributed by atoms with E-state index in [4.69, 9.17) is 25.3 Å². The number of allylic oxidation sites excluding steroid dienone is 1. The number of rotatable bonds is 7. The number of hydroxylamine groups is 1. The van der Waals surface area contributed by atoms with Crippen molar-refractivity contribution in [2.75, 3.05) is 20.2 Å². The number of H-pyrrole nitrogens is 1. The van der Waals surface area contributed by atoms with Crippen LogP contribution in [0.1, 0.15) is 43.8 Å². The van der Waals surface area contributed by atoms with Gasteiger partial charge in [0, 0.05) is 40.7 Å². The molecule has 0 spiro atoms. The number of methoxy groups -OCH3 is 1. The quantitative estimate of drug-likeness (QED) is 0.214. The summed E-state index contributed by atoms with van der Waals surface area (Å²) < 4.78 is 5.88. The number of amides is 3. The van der Waals surface area contributed by atoms with Gasteiger partial charge in [-0.1, -0.05) is 24.3 Å². The highest BCUT2D eigenvalue weighted by Crippen LogP contribution is 2.40. The van der Waals surface area contributed by atoms with E-state index in [1.165, 1.54) is 0 Å². The molecule has 11 nitrogen and oxygen atoms in total. The zero-order chi connectivity index (χ0) is 29.5. The number of carbonyl (C=O) groups is 2. The highest BCUT2D eigenvalue weighted by Gasteiger charge is 2.27. The van der Waals surface area contributed by atoms with Gasteiger partial charge in [-0.15, -0.1) is 5.48 Å². The summed E-state index contributed by atoms with van der Waals surface area (Å²) in [5.41, 5.74) is 14.4. The first kappa shape index (κ1) is 27.3. The Bertz CT molecular complexity index is 1930. The van der Waals surface area contributed by atoms with Crippen molar-refractivity contribution in [2.45, 2.75) is 39.7 Å². The van der Waals surface area contributed by atoms with E-state index in [9.17, 15) is 9.59 Å². The molecule has 0 saturated carbocycles. The first-order chi connectivity index (χ1) is 20.3. The van der Waals surface area contributed by atoms with Gasteiger partial charge in [0.2, 0.25) is 5.91 Å². The molecule has 0 saturated heterocycles. The van der Waals surface area contributed by atoms with Crippen molar-refractivity contribution >= 4 is 50.6 Å². The number of nitrogens with two attached hydrogens (primary N) is 1. The van der Waals surface area contributed by atoms with E-state index in [0.29, 0.717) is 24.2 Å². The van der Waals surface area contributed by atoms with Crippen molar-refractivity contribution in [3.8, 4) is 5.75 Å². The van der Waals surface area contributed by atoms with E-state index in [1.807, 2.05) is 51.1 Å². The van der Waals surface area contributed by atoms with E-state index in [2.05, 4.69) is 27.2 Å². The van der Waals surface area contributed by atoms with Crippen LogP contribution in [-0.4, -0.2) is 53.1 Å². The van der Waals surface area contributed by atoms with Gasteiger partial charge in [0.25, 0.3) is 0 Å². The SMILES string of the molecule is COc1cc2c(cc1C1=C(C)ONC1C)[nH]c1nc(C)nc(C3=c4ccccc4=C(C(=O)NCCNC(N)=O)CC3)c12. The molecule has 4 aromatic rings. The van der Waals surface area contributed by atoms with Gasteiger partial charge in [0.1, 0.15) is 23.0 Å². The zero-order valence-electron chi connectivity index (χ0n) is 24.0. The van der Waals surface area contributed by atoms with E-state index in [1.54, 1.807) is 7.11 Å². The maximum Gasteiger partial charge on any atom is 0.312 e.